The second kappa shape index (κ2) is 7.90. The number of nitrogens with zero attached hydrogens (tertiary/aromatic N) is 2. The van der Waals surface area contributed by atoms with Crippen LogP contribution in [-0.2, 0) is 4.74 Å². The summed E-state index contributed by atoms with van der Waals surface area (Å²) in [6.45, 7) is 4.98. The van der Waals surface area contributed by atoms with Gasteiger partial charge < -0.3 is 15.0 Å². The minimum atomic E-state index is -0.130. The van der Waals surface area contributed by atoms with Gasteiger partial charge in [-0.25, -0.2) is 4.98 Å². The van der Waals surface area contributed by atoms with Crippen molar-refractivity contribution in [2.75, 3.05) is 36.5 Å². The predicted octanol–water partition coefficient (Wildman–Crippen LogP) is 4.21. The van der Waals surface area contributed by atoms with Crippen molar-refractivity contribution >= 4 is 28.1 Å². The normalized spacial score (nSPS) is 14.2. The molecule has 1 aliphatic rings. The van der Waals surface area contributed by atoms with Crippen molar-refractivity contribution < 1.29 is 9.53 Å². The monoisotopic (exact) mass is 379 g/mol. The zero-order valence-corrected chi connectivity index (χ0v) is 16.0. The van der Waals surface area contributed by atoms with E-state index in [0.717, 1.165) is 40.7 Å². The van der Waals surface area contributed by atoms with Crippen molar-refractivity contribution in [1.82, 2.24) is 4.98 Å². The highest BCUT2D eigenvalue weighted by molar-refractivity contribution is 7.18. The molecule has 6 heteroatoms. The van der Waals surface area contributed by atoms with E-state index in [1.165, 1.54) is 11.3 Å². The molecule has 1 N–H and O–H groups in total. The third-order valence-corrected chi connectivity index (χ3v) is 5.58. The molecule has 4 rings (SSSR count). The van der Waals surface area contributed by atoms with Gasteiger partial charge in [0.25, 0.3) is 5.91 Å². The molecule has 0 unspecified atom stereocenters. The lowest BCUT2D eigenvalue weighted by Crippen LogP contribution is -2.36. The average molecular weight is 379 g/mol. The Balaban J connectivity index is 1.67. The smallest absolute Gasteiger partial charge is 0.268 e. The van der Waals surface area contributed by atoms with Crippen molar-refractivity contribution in [1.29, 1.82) is 0 Å². The number of hydrogen-bond donors (Lipinski definition) is 1. The van der Waals surface area contributed by atoms with Gasteiger partial charge in [0.15, 0.2) is 5.13 Å². The van der Waals surface area contributed by atoms with E-state index in [4.69, 9.17) is 9.72 Å². The number of thiazole rings is 1. The Morgan fingerprint density at radius 2 is 1.78 bits per heavy atom. The van der Waals surface area contributed by atoms with E-state index in [1.54, 1.807) is 0 Å². The summed E-state index contributed by atoms with van der Waals surface area (Å²) in [5.41, 5.74) is 3.62. The van der Waals surface area contributed by atoms with Crippen molar-refractivity contribution in [3.8, 4) is 11.3 Å². The second-order valence-electron chi connectivity index (χ2n) is 6.46. The molecule has 2 aromatic carbocycles. The highest BCUT2D eigenvalue weighted by Gasteiger charge is 2.23. The van der Waals surface area contributed by atoms with Crippen molar-refractivity contribution in [3.63, 3.8) is 0 Å². The third kappa shape index (κ3) is 4.02. The van der Waals surface area contributed by atoms with Crippen LogP contribution in [0.25, 0.3) is 11.3 Å². The number of rotatable bonds is 4. The van der Waals surface area contributed by atoms with Gasteiger partial charge in [0.2, 0.25) is 0 Å². The largest absolute Gasteiger partial charge is 0.378 e. The number of carbonyl (C=O) groups is 1. The number of nitrogens with one attached hydrogen (secondary N) is 1. The van der Waals surface area contributed by atoms with Crippen LogP contribution in [0.15, 0.2) is 54.6 Å². The molecule has 27 heavy (non-hydrogen) atoms. The second-order valence-corrected chi connectivity index (χ2v) is 7.44. The van der Waals surface area contributed by atoms with Gasteiger partial charge in [-0.15, -0.1) is 0 Å². The van der Waals surface area contributed by atoms with E-state index in [0.29, 0.717) is 18.1 Å². The summed E-state index contributed by atoms with van der Waals surface area (Å²) < 4.78 is 5.43. The molecule has 1 aliphatic heterocycles. The summed E-state index contributed by atoms with van der Waals surface area (Å²) in [5.74, 6) is -0.130. The zero-order chi connectivity index (χ0) is 18.6. The number of amides is 1. The first-order valence-electron chi connectivity index (χ1n) is 8.98. The van der Waals surface area contributed by atoms with Gasteiger partial charge in [0.05, 0.1) is 18.9 Å². The Hall–Kier alpha value is -2.70. The molecule has 1 fully saturated rings. The Labute approximate surface area is 162 Å². The molecule has 3 aromatic rings. The van der Waals surface area contributed by atoms with E-state index in [-0.39, 0.29) is 5.91 Å². The first-order chi connectivity index (χ1) is 13.2. The Kier molecular flexibility index (Phi) is 5.18. The van der Waals surface area contributed by atoms with Crippen LogP contribution in [0.1, 0.15) is 15.2 Å². The van der Waals surface area contributed by atoms with E-state index >= 15 is 0 Å². The van der Waals surface area contributed by atoms with Gasteiger partial charge >= 0.3 is 0 Å². The highest BCUT2D eigenvalue weighted by Crippen LogP contribution is 2.34. The Morgan fingerprint density at radius 3 is 2.48 bits per heavy atom. The molecular weight excluding hydrogens is 358 g/mol. The maximum Gasteiger partial charge on any atom is 0.268 e. The van der Waals surface area contributed by atoms with E-state index < -0.39 is 0 Å². The van der Waals surface area contributed by atoms with Gasteiger partial charge in [0, 0.05) is 24.3 Å². The zero-order valence-electron chi connectivity index (χ0n) is 15.1. The highest BCUT2D eigenvalue weighted by atomic mass is 32.1. The third-order valence-electron chi connectivity index (χ3n) is 4.46. The van der Waals surface area contributed by atoms with Gasteiger partial charge in [0.1, 0.15) is 4.88 Å². The van der Waals surface area contributed by atoms with Gasteiger partial charge in [-0.1, -0.05) is 59.4 Å². The lowest BCUT2D eigenvalue weighted by Gasteiger charge is -2.26. The van der Waals surface area contributed by atoms with Crippen LogP contribution in [0.5, 0.6) is 0 Å². The summed E-state index contributed by atoms with van der Waals surface area (Å²) in [6.07, 6.45) is 0. The number of ether oxygens (including phenoxy) is 1. The molecular formula is C21H21N3O2S. The van der Waals surface area contributed by atoms with Crippen LogP contribution in [0.3, 0.4) is 0 Å². The summed E-state index contributed by atoms with van der Waals surface area (Å²) >= 11 is 1.44. The lowest BCUT2D eigenvalue weighted by atomic mass is 10.1. The van der Waals surface area contributed by atoms with Gasteiger partial charge in [-0.3, -0.25) is 4.79 Å². The number of hydrogen-bond acceptors (Lipinski definition) is 5. The van der Waals surface area contributed by atoms with Crippen LogP contribution in [-0.4, -0.2) is 37.2 Å². The molecule has 0 aliphatic carbocycles. The Bertz CT molecular complexity index is 916. The van der Waals surface area contributed by atoms with E-state index in [1.807, 2.05) is 61.5 Å². The molecule has 2 heterocycles. The van der Waals surface area contributed by atoms with Crippen LogP contribution >= 0.6 is 11.3 Å². The van der Waals surface area contributed by atoms with Gasteiger partial charge in [-0.05, 0) is 19.1 Å². The Morgan fingerprint density at radius 1 is 1.07 bits per heavy atom. The molecule has 1 saturated heterocycles. The van der Waals surface area contributed by atoms with Crippen LogP contribution in [0, 0.1) is 6.92 Å². The first-order valence-corrected chi connectivity index (χ1v) is 9.79. The molecule has 138 valence electrons. The summed E-state index contributed by atoms with van der Waals surface area (Å²) in [5, 5.41) is 3.87. The van der Waals surface area contributed by atoms with Crippen LogP contribution in [0.4, 0.5) is 10.8 Å². The fraction of sp³-hybridized carbons (Fsp3) is 0.238. The van der Waals surface area contributed by atoms with Crippen molar-refractivity contribution in [3.05, 3.63) is 65.0 Å². The van der Waals surface area contributed by atoms with Crippen LogP contribution in [0.2, 0.25) is 0 Å². The fourth-order valence-corrected chi connectivity index (χ4v) is 4.00. The summed E-state index contributed by atoms with van der Waals surface area (Å²) in [4.78, 5) is 20.6. The quantitative estimate of drug-likeness (QED) is 0.738. The lowest BCUT2D eigenvalue weighted by molar-refractivity contribution is 0.103. The fourth-order valence-electron chi connectivity index (χ4n) is 2.97. The summed E-state index contributed by atoms with van der Waals surface area (Å²) in [6, 6.07) is 17.7. The molecule has 5 nitrogen and oxygen atoms in total. The number of morpholine rings is 1. The minimum Gasteiger partial charge on any atom is -0.378 e. The summed E-state index contributed by atoms with van der Waals surface area (Å²) in [7, 11) is 0. The average Bonchev–Trinajstić information content (AvgIpc) is 3.17. The number of benzene rings is 2. The topological polar surface area (TPSA) is 54.5 Å². The molecule has 0 spiro atoms. The van der Waals surface area contributed by atoms with Crippen molar-refractivity contribution in [2.24, 2.45) is 0 Å². The standard InChI is InChI=1S/C21H21N3O2S/c1-15-7-9-17(10-8-15)22-20(25)19-18(16-5-3-2-4-6-16)23-21(27-19)24-11-13-26-14-12-24/h2-10H,11-14H2,1H3,(H,22,25). The number of aromatic nitrogens is 1. The predicted molar refractivity (Wildman–Crippen MR) is 110 cm³/mol. The molecule has 0 radical (unpaired) electrons. The van der Waals surface area contributed by atoms with E-state index in [9.17, 15) is 4.79 Å². The SMILES string of the molecule is Cc1ccc(NC(=O)c2sc(N3CCOCC3)nc2-c2ccccc2)cc1. The molecule has 0 atom stereocenters. The first kappa shape index (κ1) is 17.7. The number of anilines is 2. The number of aryl methyl sites for hydroxylation is 1. The molecule has 1 amide bonds. The number of carbonyl (C=O) groups excluding carboxylic acids is 1. The van der Waals surface area contributed by atoms with Crippen molar-refractivity contribution in [2.45, 2.75) is 6.92 Å². The maximum absolute atomic E-state index is 13.0. The minimum absolute atomic E-state index is 0.130. The molecule has 1 aromatic heterocycles. The van der Waals surface area contributed by atoms with E-state index in [2.05, 4.69) is 10.2 Å². The van der Waals surface area contributed by atoms with Gasteiger partial charge in [-0.2, -0.15) is 0 Å². The van der Waals surface area contributed by atoms with Crippen LogP contribution < -0.4 is 10.2 Å². The molecule has 0 saturated carbocycles. The molecule has 0 bridgehead atoms. The maximum atomic E-state index is 13.0.